The Bertz CT molecular complexity index is 500. The first kappa shape index (κ1) is 19.4. The quantitative estimate of drug-likeness (QED) is 0.681. The van der Waals surface area contributed by atoms with Gasteiger partial charge in [-0.1, -0.05) is 27.2 Å². The molecule has 4 fully saturated rings. The lowest BCUT2D eigenvalue weighted by Crippen LogP contribution is -2.53. The molecule has 2 nitrogen and oxygen atoms in total. The van der Waals surface area contributed by atoms with Crippen LogP contribution in [0.15, 0.2) is 0 Å². The Hall–Kier alpha value is -0.370. The number of carbonyl (C=O) groups excluding carboxylic acids is 1. The number of carbonyl (C=O) groups is 1. The molecule has 4 aliphatic carbocycles. The largest absolute Gasteiger partial charge is 0.400 e. The lowest BCUT2D eigenvalue weighted by atomic mass is 9.44. The van der Waals surface area contributed by atoms with Gasteiger partial charge in [0.15, 0.2) is 0 Å². The Morgan fingerprint density at radius 1 is 0.880 bits per heavy atom. The maximum atomic E-state index is 12.2. The summed E-state index contributed by atoms with van der Waals surface area (Å²) in [5, 5.41) is 7.00. The molecule has 25 heavy (non-hydrogen) atoms. The fourth-order valence-electron chi connectivity index (χ4n) is 8.14. The Kier molecular flexibility index (Phi) is 5.42. The van der Waals surface area contributed by atoms with Crippen molar-refractivity contribution >= 4 is 5.78 Å². The molecular formula is C23H40O2. The van der Waals surface area contributed by atoms with Crippen molar-refractivity contribution in [2.24, 2.45) is 46.3 Å². The van der Waals surface area contributed by atoms with Crippen LogP contribution < -0.4 is 0 Å². The fourth-order valence-corrected chi connectivity index (χ4v) is 8.14. The van der Waals surface area contributed by atoms with Crippen LogP contribution in [-0.2, 0) is 4.79 Å². The molecule has 0 radical (unpaired) electrons. The van der Waals surface area contributed by atoms with Crippen molar-refractivity contribution < 1.29 is 9.90 Å². The van der Waals surface area contributed by atoms with E-state index < -0.39 is 0 Å². The van der Waals surface area contributed by atoms with Crippen molar-refractivity contribution in [1.82, 2.24) is 0 Å². The molecule has 1 N–H and O–H groups in total. The van der Waals surface area contributed by atoms with Gasteiger partial charge in [0.25, 0.3) is 0 Å². The summed E-state index contributed by atoms with van der Waals surface area (Å²) in [4.78, 5) is 12.2. The molecule has 8 unspecified atom stereocenters. The first-order valence-corrected chi connectivity index (χ1v) is 10.8. The number of hydrogen-bond acceptors (Lipinski definition) is 2. The normalized spacial score (nSPS) is 51.4. The van der Waals surface area contributed by atoms with E-state index in [1.54, 1.807) is 0 Å². The zero-order valence-electron chi connectivity index (χ0n) is 17.2. The number of hydrogen-bond donors (Lipinski definition) is 1. The van der Waals surface area contributed by atoms with Gasteiger partial charge in [0.1, 0.15) is 5.78 Å². The molecule has 4 aliphatic rings. The van der Waals surface area contributed by atoms with E-state index in [0.29, 0.717) is 22.5 Å². The van der Waals surface area contributed by atoms with Crippen molar-refractivity contribution in [3.8, 4) is 0 Å². The van der Waals surface area contributed by atoms with Gasteiger partial charge in [-0.05, 0) is 98.7 Å². The van der Waals surface area contributed by atoms with Crippen LogP contribution in [0.4, 0.5) is 0 Å². The van der Waals surface area contributed by atoms with E-state index in [1.807, 2.05) is 6.92 Å². The third-order valence-electron chi connectivity index (χ3n) is 9.42. The van der Waals surface area contributed by atoms with Gasteiger partial charge in [-0.15, -0.1) is 0 Å². The van der Waals surface area contributed by atoms with Gasteiger partial charge in [0, 0.05) is 13.0 Å². The van der Waals surface area contributed by atoms with Crippen LogP contribution in [0.25, 0.3) is 0 Å². The van der Waals surface area contributed by atoms with Crippen LogP contribution in [0.2, 0.25) is 0 Å². The topological polar surface area (TPSA) is 37.3 Å². The smallest absolute Gasteiger partial charge is 0.133 e. The zero-order valence-corrected chi connectivity index (χ0v) is 17.2. The summed E-state index contributed by atoms with van der Waals surface area (Å²) in [6.45, 7) is 9.45. The van der Waals surface area contributed by atoms with Crippen LogP contribution in [0.3, 0.4) is 0 Å². The number of ketones is 1. The number of Topliss-reactive ketones (excluding diaryl/α,β-unsaturated/α-hetero) is 1. The highest BCUT2D eigenvalue weighted by atomic mass is 16.2. The minimum absolute atomic E-state index is 0.332. The second-order valence-electron chi connectivity index (χ2n) is 10.3. The predicted octanol–water partition coefficient (Wildman–Crippen LogP) is 5.48. The summed E-state index contributed by atoms with van der Waals surface area (Å²) in [6.07, 6.45) is 12.6. The highest BCUT2D eigenvalue weighted by Gasteiger charge is 2.60. The third kappa shape index (κ3) is 2.91. The van der Waals surface area contributed by atoms with Crippen LogP contribution in [-0.4, -0.2) is 18.0 Å². The minimum atomic E-state index is 0.332. The second kappa shape index (κ2) is 6.98. The van der Waals surface area contributed by atoms with Crippen LogP contribution >= 0.6 is 0 Å². The van der Waals surface area contributed by atoms with Gasteiger partial charge in [0.05, 0.1) is 0 Å². The number of aliphatic hydroxyl groups excluding tert-OH is 1. The van der Waals surface area contributed by atoms with Crippen LogP contribution in [0.5, 0.6) is 0 Å². The average molecular weight is 349 g/mol. The Balaban J connectivity index is 0.000000880. The Morgan fingerprint density at radius 2 is 1.52 bits per heavy atom. The third-order valence-corrected chi connectivity index (χ3v) is 9.42. The molecular weight excluding hydrogens is 308 g/mol. The molecule has 2 heteroatoms. The highest BCUT2D eigenvalue weighted by molar-refractivity contribution is 5.79. The summed E-state index contributed by atoms with van der Waals surface area (Å²) in [6, 6.07) is 0. The van der Waals surface area contributed by atoms with Gasteiger partial charge in [0.2, 0.25) is 0 Å². The molecule has 4 rings (SSSR count). The van der Waals surface area contributed by atoms with E-state index in [0.717, 1.165) is 36.7 Å². The highest BCUT2D eigenvalue weighted by Crippen LogP contribution is 2.67. The van der Waals surface area contributed by atoms with Crippen molar-refractivity contribution in [2.45, 2.75) is 85.5 Å². The molecule has 0 spiro atoms. The maximum Gasteiger partial charge on any atom is 0.133 e. The van der Waals surface area contributed by atoms with Gasteiger partial charge in [-0.3, -0.25) is 4.79 Å². The van der Waals surface area contributed by atoms with Crippen molar-refractivity contribution in [2.75, 3.05) is 7.11 Å². The van der Waals surface area contributed by atoms with Gasteiger partial charge in [-0.2, -0.15) is 0 Å². The molecule has 0 heterocycles. The SMILES string of the molecule is CC(=O)C1CCC2C3CCC4CC(C)CCC4(C)C3CCC12C.CO. The predicted molar refractivity (Wildman–Crippen MR) is 103 cm³/mol. The molecule has 8 atom stereocenters. The summed E-state index contributed by atoms with van der Waals surface area (Å²) in [5.41, 5.74) is 0.948. The van der Waals surface area contributed by atoms with E-state index >= 15 is 0 Å². The Morgan fingerprint density at radius 3 is 2.20 bits per heavy atom. The first-order valence-electron chi connectivity index (χ1n) is 10.8. The average Bonchev–Trinajstić information content (AvgIpc) is 2.95. The molecule has 144 valence electrons. The van der Waals surface area contributed by atoms with Gasteiger partial charge >= 0.3 is 0 Å². The molecule has 0 aromatic rings. The lowest BCUT2D eigenvalue weighted by Gasteiger charge is -2.61. The lowest BCUT2D eigenvalue weighted by molar-refractivity contribution is -0.135. The van der Waals surface area contributed by atoms with Crippen LogP contribution in [0, 0.1) is 46.3 Å². The van der Waals surface area contributed by atoms with E-state index in [-0.39, 0.29) is 0 Å². The summed E-state index contributed by atoms with van der Waals surface area (Å²) in [7, 11) is 1.00. The van der Waals surface area contributed by atoms with Crippen molar-refractivity contribution in [1.29, 1.82) is 0 Å². The molecule has 0 bridgehead atoms. The second-order valence-corrected chi connectivity index (χ2v) is 10.3. The van der Waals surface area contributed by atoms with Gasteiger partial charge < -0.3 is 5.11 Å². The Labute approximate surface area is 155 Å². The number of aliphatic hydroxyl groups is 1. The minimum Gasteiger partial charge on any atom is -0.400 e. The standard InChI is InChI=1S/C22H36O.CH4O/c1-14-9-11-21(3)16(13-14)5-6-17-19-8-7-18(15(2)23)22(19,4)12-10-20(17)21;1-2/h14,16-20H,5-13H2,1-4H3;2H,1H3. The fraction of sp³-hybridized carbons (Fsp3) is 0.957. The number of rotatable bonds is 1. The molecule has 0 saturated heterocycles. The number of fused-ring (bicyclic) bond motifs is 5. The molecule has 0 aromatic carbocycles. The molecule has 0 amide bonds. The summed E-state index contributed by atoms with van der Waals surface area (Å²) in [5.74, 6) is 5.50. The maximum absolute atomic E-state index is 12.2. The van der Waals surface area contributed by atoms with Gasteiger partial charge in [-0.25, -0.2) is 0 Å². The first-order chi connectivity index (χ1) is 11.9. The van der Waals surface area contributed by atoms with Crippen molar-refractivity contribution in [3.05, 3.63) is 0 Å². The van der Waals surface area contributed by atoms with Crippen molar-refractivity contribution in [3.63, 3.8) is 0 Å². The van der Waals surface area contributed by atoms with E-state index in [2.05, 4.69) is 20.8 Å². The molecule has 4 saturated carbocycles. The van der Waals surface area contributed by atoms with E-state index in [1.165, 1.54) is 57.8 Å². The zero-order chi connectivity index (χ0) is 18.4. The van der Waals surface area contributed by atoms with E-state index in [9.17, 15) is 4.79 Å². The van der Waals surface area contributed by atoms with Crippen LogP contribution in [0.1, 0.15) is 85.5 Å². The summed E-state index contributed by atoms with van der Waals surface area (Å²) >= 11 is 0. The monoisotopic (exact) mass is 348 g/mol. The van der Waals surface area contributed by atoms with E-state index in [4.69, 9.17) is 5.11 Å². The summed E-state index contributed by atoms with van der Waals surface area (Å²) < 4.78 is 0. The molecule has 0 aromatic heterocycles. The molecule has 0 aliphatic heterocycles.